The molecular formula is C17H20N4O4. The third-order valence-corrected chi connectivity index (χ3v) is 3.55. The molecule has 0 saturated carbocycles. The molecule has 0 aliphatic heterocycles. The highest BCUT2D eigenvalue weighted by Crippen LogP contribution is 2.22. The molecule has 0 aliphatic carbocycles. The first-order valence-electron chi connectivity index (χ1n) is 7.72. The van der Waals surface area contributed by atoms with E-state index < -0.39 is 12.0 Å². The number of benzene rings is 1. The quantitative estimate of drug-likeness (QED) is 0.703. The maximum atomic E-state index is 12.1. The van der Waals surface area contributed by atoms with E-state index in [-0.39, 0.29) is 24.7 Å². The van der Waals surface area contributed by atoms with E-state index in [0.717, 1.165) is 5.56 Å². The number of aromatic nitrogens is 2. The van der Waals surface area contributed by atoms with Crippen LogP contribution in [0.2, 0.25) is 0 Å². The van der Waals surface area contributed by atoms with E-state index in [0.29, 0.717) is 11.5 Å². The second-order valence-corrected chi connectivity index (χ2v) is 5.59. The van der Waals surface area contributed by atoms with Crippen molar-refractivity contribution in [1.29, 1.82) is 0 Å². The fraction of sp³-hybridized carbons (Fsp3) is 0.294. The van der Waals surface area contributed by atoms with Crippen LogP contribution in [0.5, 0.6) is 0 Å². The summed E-state index contributed by atoms with van der Waals surface area (Å²) in [5, 5.41) is 14.2. The predicted octanol–water partition coefficient (Wildman–Crippen LogP) is 1.45. The third-order valence-electron chi connectivity index (χ3n) is 3.55. The number of anilines is 1. The Morgan fingerprint density at radius 3 is 2.40 bits per heavy atom. The number of carboxylic acids is 1. The standard InChI is InChI=1S/C17H20N4O4/c1-11(22)19-13-5-3-12(4-6-13)16(17-18-9-10-21(17)2)20-14(23)7-8-15(24)25/h3-6,9-10,16H,7-8H2,1-2H3,(H,19,22)(H,20,23)(H,24,25). The van der Waals surface area contributed by atoms with Crippen molar-refractivity contribution in [3.63, 3.8) is 0 Å². The van der Waals surface area contributed by atoms with Gasteiger partial charge in [-0.15, -0.1) is 0 Å². The molecule has 3 N–H and O–H groups in total. The molecule has 0 spiro atoms. The van der Waals surface area contributed by atoms with Crippen LogP contribution in [0.15, 0.2) is 36.7 Å². The number of hydrogen-bond donors (Lipinski definition) is 3. The van der Waals surface area contributed by atoms with Crippen molar-refractivity contribution < 1.29 is 19.5 Å². The lowest BCUT2D eigenvalue weighted by Gasteiger charge is -2.19. The first-order valence-corrected chi connectivity index (χ1v) is 7.72. The highest BCUT2D eigenvalue weighted by molar-refractivity contribution is 5.88. The first-order chi connectivity index (χ1) is 11.9. The summed E-state index contributed by atoms with van der Waals surface area (Å²) in [5.74, 6) is -0.948. The molecule has 1 atom stereocenters. The summed E-state index contributed by atoms with van der Waals surface area (Å²) in [7, 11) is 1.81. The molecule has 8 nitrogen and oxygen atoms in total. The number of nitrogens with zero attached hydrogens (tertiary/aromatic N) is 2. The molecule has 1 aromatic heterocycles. The molecule has 0 radical (unpaired) electrons. The first kappa shape index (κ1) is 18.2. The fourth-order valence-corrected chi connectivity index (χ4v) is 2.37. The highest BCUT2D eigenvalue weighted by atomic mass is 16.4. The molecule has 0 aliphatic rings. The van der Waals surface area contributed by atoms with Gasteiger partial charge in [0, 0.05) is 38.5 Å². The van der Waals surface area contributed by atoms with Gasteiger partial charge in [-0.05, 0) is 17.7 Å². The molecule has 2 rings (SSSR count). The summed E-state index contributed by atoms with van der Waals surface area (Å²) in [6.07, 6.45) is 3.04. The molecule has 25 heavy (non-hydrogen) atoms. The lowest BCUT2D eigenvalue weighted by Crippen LogP contribution is -2.31. The Morgan fingerprint density at radius 2 is 1.88 bits per heavy atom. The number of carbonyl (C=O) groups is 3. The molecule has 0 fully saturated rings. The van der Waals surface area contributed by atoms with E-state index in [4.69, 9.17) is 5.11 Å². The molecule has 2 aromatic rings. The molecule has 0 saturated heterocycles. The Labute approximate surface area is 144 Å². The van der Waals surface area contributed by atoms with Gasteiger partial charge in [0.1, 0.15) is 11.9 Å². The van der Waals surface area contributed by atoms with Crippen LogP contribution in [0.3, 0.4) is 0 Å². The number of imidazole rings is 1. The average molecular weight is 344 g/mol. The highest BCUT2D eigenvalue weighted by Gasteiger charge is 2.21. The zero-order valence-corrected chi connectivity index (χ0v) is 14.0. The zero-order valence-electron chi connectivity index (χ0n) is 14.0. The topological polar surface area (TPSA) is 113 Å². The van der Waals surface area contributed by atoms with Gasteiger partial charge in [-0.3, -0.25) is 14.4 Å². The van der Waals surface area contributed by atoms with Gasteiger partial charge in [0.2, 0.25) is 11.8 Å². The second kappa shape index (κ2) is 8.09. The van der Waals surface area contributed by atoms with Crippen LogP contribution in [0.25, 0.3) is 0 Å². The Morgan fingerprint density at radius 1 is 1.20 bits per heavy atom. The Hall–Kier alpha value is -3.16. The Kier molecular flexibility index (Phi) is 5.89. The van der Waals surface area contributed by atoms with E-state index in [9.17, 15) is 14.4 Å². The summed E-state index contributed by atoms with van der Waals surface area (Å²) in [6.45, 7) is 1.42. The lowest BCUT2D eigenvalue weighted by molar-refractivity contribution is -0.138. The fourth-order valence-electron chi connectivity index (χ4n) is 2.37. The monoisotopic (exact) mass is 344 g/mol. The minimum atomic E-state index is -1.02. The number of hydrogen-bond acceptors (Lipinski definition) is 4. The molecule has 1 unspecified atom stereocenters. The normalized spacial score (nSPS) is 11.6. The van der Waals surface area contributed by atoms with Gasteiger partial charge in [0.25, 0.3) is 0 Å². The SMILES string of the molecule is CC(=O)Nc1ccc(C(NC(=O)CCC(=O)O)c2nccn2C)cc1. The number of aliphatic carboxylic acids is 1. The molecule has 1 aromatic carbocycles. The van der Waals surface area contributed by atoms with Crippen molar-refractivity contribution in [2.75, 3.05) is 5.32 Å². The summed E-state index contributed by atoms with van der Waals surface area (Å²) in [4.78, 5) is 38.1. The molecule has 132 valence electrons. The van der Waals surface area contributed by atoms with Gasteiger partial charge in [-0.1, -0.05) is 12.1 Å². The number of nitrogens with one attached hydrogen (secondary N) is 2. The van der Waals surface area contributed by atoms with Crippen LogP contribution >= 0.6 is 0 Å². The van der Waals surface area contributed by atoms with Gasteiger partial charge in [0.15, 0.2) is 0 Å². The molecule has 2 amide bonds. The minimum absolute atomic E-state index is 0.111. The van der Waals surface area contributed by atoms with Crippen LogP contribution in [-0.4, -0.2) is 32.4 Å². The van der Waals surface area contributed by atoms with Gasteiger partial charge in [-0.2, -0.15) is 0 Å². The van der Waals surface area contributed by atoms with Crippen LogP contribution in [-0.2, 0) is 21.4 Å². The van der Waals surface area contributed by atoms with Gasteiger partial charge >= 0.3 is 5.97 Å². The van der Waals surface area contributed by atoms with Crippen molar-refractivity contribution in [3.8, 4) is 0 Å². The lowest BCUT2D eigenvalue weighted by atomic mass is 10.0. The number of rotatable bonds is 7. The van der Waals surface area contributed by atoms with E-state index in [1.807, 2.05) is 7.05 Å². The zero-order chi connectivity index (χ0) is 18.4. The van der Waals surface area contributed by atoms with Crippen molar-refractivity contribution in [3.05, 3.63) is 48.0 Å². The smallest absolute Gasteiger partial charge is 0.303 e. The largest absolute Gasteiger partial charge is 0.481 e. The van der Waals surface area contributed by atoms with Gasteiger partial charge in [0.05, 0.1) is 6.42 Å². The molecule has 1 heterocycles. The van der Waals surface area contributed by atoms with Crippen molar-refractivity contribution in [2.24, 2.45) is 7.05 Å². The van der Waals surface area contributed by atoms with E-state index >= 15 is 0 Å². The van der Waals surface area contributed by atoms with Gasteiger partial charge in [-0.25, -0.2) is 4.98 Å². The van der Waals surface area contributed by atoms with Crippen LogP contribution < -0.4 is 10.6 Å². The number of amides is 2. The van der Waals surface area contributed by atoms with Gasteiger partial charge < -0.3 is 20.3 Å². The number of carbonyl (C=O) groups excluding carboxylic acids is 2. The Balaban J connectivity index is 2.23. The van der Waals surface area contributed by atoms with Crippen molar-refractivity contribution >= 4 is 23.5 Å². The van der Waals surface area contributed by atoms with Crippen LogP contribution in [0.4, 0.5) is 5.69 Å². The third kappa shape index (κ3) is 5.17. The van der Waals surface area contributed by atoms with Crippen molar-refractivity contribution in [2.45, 2.75) is 25.8 Å². The number of aryl methyl sites for hydroxylation is 1. The molecular weight excluding hydrogens is 324 g/mol. The predicted molar refractivity (Wildman–Crippen MR) is 90.8 cm³/mol. The second-order valence-electron chi connectivity index (χ2n) is 5.59. The maximum absolute atomic E-state index is 12.1. The summed E-state index contributed by atoms with van der Waals surface area (Å²) < 4.78 is 1.78. The number of carboxylic acid groups (broad SMARTS) is 1. The van der Waals surface area contributed by atoms with E-state index in [2.05, 4.69) is 15.6 Å². The molecule has 0 bridgehead atoms. The summed E-state index contributed by atoms with van der Waals surface area (Å²) in [6, 6.07) is 6.50. The summed E-state index contributed by atoms with van der Waals surface area (Å²) >= 11 is 0. The summed E-state index contributed by atoms with van der Waals surface area (Å²) in [5.41, 5.74) is 1.42. The average Bonchev–Trinajstić information content (AvgIpc) is 2.97. The molecule has 8 heteroatoms. The van der Waals surface area contributed by atoms with E-state index in [1.54, 1.807) is 41.2 Å². The van der Waals surface area contributed by atoms with Crippen molar-refractivity contribution in [1.82, 2.24) is 14.9 Å². The van der Waals surface area contributed by atoms with Crippen LogP contribution in [0.1, 0.15) is 37.2 Å². The van der Waals surface area contributed by atoms with Crippen LogP contribution in [0, 0.1) is 0 Å². The van der Waals surface area contributed by atoms with E-state index in [1.165, 1.54) is 6.92 Å². The maximum Gasteiger partial charge on any atom is 0.303 e. The minimum Gasteiger partial charge on any atom is -0.481 e. The Bertz CT molecular complexity index is 767.